The van der Waals surface area contributed by atoms with Crippen molar-refractivity contribution in [3.63, 3.8) is 0 Å². The summed E-state index contributed by atoms with van der Waals surface area (Å²) in [5.74, 6) is 0. The molecule has 1 saturated carbocycles. The van der Waals surface area contributed by atoms with Gasteiger partial charge in [0.25, 0.3) is 0 Å². The van der Waals surface area contributed by atoms with Gasteiger partial charge in [0.1, 0.15) is 0 Å². The Morgan fingerprint density at radius 2 is 1.93 bits per heavy atom. The Bertz CT molecular complexity index is 367. The van der Waals surface area contributed by atoms with Crippen LogP contribution in [0.15, 0.2) is 18.2 Å². The van der Waals surface area contributed by atoms with E-state index in [1.54, 1.807) is 6.07 Å². The van der Waals surface area contributed by atoms with Crippen LogP contribution < -0.4 is 5.32 Å². The highest BCUT2D eigenvalue weighted by molar-refractivity contribution is 5.55. The molecule has 0 saturated heterocycles. The summed E-state index contributed by atoms with van der Waals surface area (Å²) in [6, 6.07) is 4.63. The Balaban J connectivity index is 2.31. The van der Waals surface area contributed by atoms with E-state index in [2.05, 4.69) is 5.32 Å². The molecule has 1 aromatic carbocycles. The Kier molecular flexibility index (Phi) is 2.37. The van der Waals surface area contributed by atoms with Crippen LogP contribution in [0.5, 0.6) is 0 Å². The monoisotopic (exact) mass is 215 g/mol. The maximum atomic E-state index is 12.6. The van der Waals surface area contributed by atoms with Crippen LogP contribution in [0.3, 0.4) is 0 Å². The average molecular weight is 215 g/mol. The molecule has 1 aliphatic rings. The summed E-state index contributed by atoms with van der Waals surface area (Å²) < 4.78 is 37.7. The number of benzene rings is 1. The molecule has 2 rings (SSSR count). The van der Waals surface area contributed by atoms with Crippen molar-refractivity contribution >= 4 is 5.69 Å². The molecule has 0 heterocycles. The van der Waals surface area contributed by atoms with Gasteiger partial charge >= 0.3 is 6.18 Å². The van der Waals surface area contributed by atoms with Crippen molar-refractivity contribution in [3.8, 4) is 0 Å². The number of nitrogens with one attached hydrogen (secondary N) is 1. The topological polar surface area (TPSA) is 12.0 Å². The van der Waals surface area contributed by atoms with E-state index < -0.39 is 11.7 Å². The Labute approximate surface area is 86.3 Å². The lowest BCUT2D eigenvalue weighted by molar-refractivity contribution is -0.138. The van der Waals surface area contributed by atoms with Crippen LogP contribution in [-0.2, 0) is 6.18 Å². The fourth-order valence-corrected chi connectivity index (χ4v) is 1.55. The first-order valence-corrected chi connectivity index (χ1v) is 4.92. The van der Waals surface area contributed by atoms with Crippen LogP contribution in [0.25, 0.3) is 0 Å². The smallest absolute Gasteiger partial charge is 0.382 e. The molecule has 0 spiro atoms. The van der Waals surface area contributed by atoms with Crippen molar-refractivity contribution < 1.29 is 13.2 Å². The van der Waals surface area contributed by atoms with Crippen molar-refractivity contribution in [2.24, 2.45) is 0 Å². The van der Waals surface area contributed by atoms with Crippen LogP contribution in [0.2, 0.25) is 0 Å². The van der Waals surface area contributed by atoms with Crippen molar-refractivity contribution in [1.29, 1.82) is 0 Å². The number of anilines is 1. The summed E-state index contributed by atoms with van der Waals surface area (Å²) in [5, 5.41) is 3.10. The van der Waals surface area contributed by atoms with E-state index in [0.29, 0.717) is 11.7 Å². The Morgan fingerprint density at radius 1 is 1.27 bits per heavy atom. The summed E-state index contributed by atoms with van der Waals surface area (Å²) in [5.41, 5.74) is 0.345. The normalized spacial score (nSPS) is 16.5. The highest BCUT2D eigenvalue weighted by Gasteiger charge is 2.33. The molecule has 82 valence electrons. The number of halogens is 3. The number of hydrogen-bond acceptors (Lipinski definition) is 1. The molecule has 0 radical (unpaired) electrons. The average Bonchev–Trinajstić information content (AvgIpc) is 2.90. The van der Waals surface area contributed by atoms with Gasteiger partial charge in [0.05, 0.1) is 5.56 Å². The summed E-state index contributed by atoms with van der Waals surface area (Å²) >= 11 is 0. The van der Waals surface area contributed by atoms with E-state index in [1.807, 2.05) is 0 Å². The van der Waals surface area contributed by atoms with Gasteiger partial charge in [0.15, 0.2) is 0 Å². The van der Waals surface area contributed by atoms with Gasteiger partial charge in [0.2, 0.25) is 0 Å². The quantitative estimate of drug-likeness (QED) is 0.794. The third-order valence-electron chi connectivity index (χ3n) is 2.58. The molecule has 0 aromatic heterocycles. The van der Waals surface area contributed by atoms with Crippen molar-refractivity contribution in [1.82, 2.24) is 0 Å². The molecule has 4 heteroatoms. The summed E-state index contributed by atoms with van der Waals surface area (Å²) in [4.78, 5) is 0. The van der Waals surface area contributed by atoms with Gasteiger partial charge < -0.3 is 5.32 Å². The van der Waals surface area contributed by atoms with E-state index in [-0.39, 0.29) is 5.56 Å². The summed E-state index contributed by atoms with van der Waals surface area (Å²) in [6.07, 6.45) is -2.16. The van der Waals surface area contributed by atoms with Crippen molar-refractivity contribution in [3.05, 3.63) is 29.3 Å². The highest BCUT2D eigenvalue weighted by atomic mass is 19.4. The molecule has 0 unspecified atom stereocenters. The Hall–Kier alpha value is -1.19. The van der Waals surface area contributed by atoms with E-state index in [9.17, 15) is 13.2 Å². The zero-order chi connectivity index (χ0) is 11.1. The molecule has 15 heavy (non-hydrogen) atoms. The lowest BCUT2D eigenvalue weighted by atomic mass is 10.1. The molecule has 1 aromatic rings. The predicted molar refractivity (Wildman–Crippen MR) is 52.8 cm³/mol. The molecule has 0 aliphatic heterocycles. The lowest BCUT2D eigenvalue weighted by Crippen LogP contribution is -2.10. The van der Waals surface area contributed by atoms with Crippen LogP contribution in [0.1, 0.15) is 24.0 Å². The van der Waals surface area contributed by atoms with Crippen LogP contribution in [-0.4, -0.2) is 6.04 Å². The van der Waals surface area contributed by atoms with Crippen molar-refractivity contribution in [2.75, 3.05) is 5.32 Å². The summed E-state index contributed by atoms with van der Waals surface area (Å²) in [6.45, 7) is 1.51. The lowest BCUT2D eigenvalue weighted by Gasteiger charge is -2.14. The third kappa shape index (κ3) is 2.25. The van der Waals surface area contributed by atoms with Crippen LogP contribution in [0, 0.1) is 6.92 Å². The summed E-state index contributed by atoms with van der Waals surface area (Å²) in [7, 11) is 0. The van der Waals surface area contributed by atoms with Gasteiger partial charge in [-0.2, -0.15) is 13.2 Å². The van der Waals surface area contributed by atoms with Gasteiger partial charge in [0, 0.05) is 11.7 Å². The molecular weight excluding hydrogens is 203 g/mol. The molecule has 1 nitrogen and oxygen atoms in total. The van der Waals surface area contributed by atoms with Gasteiger partial charge in [-0.1, -0.05) is 6.07 Å². The first-order valence-electron chi connectivity index (χ1n) is 4.92. The largest absolute Gasteiger partial charge is 0.416 e. The maximum Gasteiger partial charge on any atom is 0.416 e. The minimum absolute atomic E-state index is 0.289. The number of alkyl halides is 3. The van der Waals surface area contributed by atoms with E-state index in [4.69, 9.17) is 0 Å². The first kappa shape index (κ1) is 10.3. The van der Waals surface area contributed by atoms with Crippen LogP contribution >= 0.6 is 0 Å². The first-order chi connectivity index (χ1) is 6.98. The standard InChI is InChI=1S/C11H12F3N/c1-7-9(11(12,13)14)3-2-4-10(7)15-8-5-6-8/h2-4,8,15H,5-6H2,1H3. The fourth-order valence-electron chi connectivity index (χ4n) is 1.55. The fraction of sp³-hybridized carbons (Fsp3) is 0.455. The van der Waals surface area contributed by atoms with E-state index >= 15 is 0 Å². The Morgan fingerprint density at radius 3 is 2.47 bits per heavy atom. The maximum absolute atomic E-state index is 12.6. The second kappa shape index (κ2) is 3.43. The van der Waals surface area contributed by atoms with E-state index in [1.165, 1.54) is 13.0 Å². The SMILES string of the molecule is Cc1c(NC2CC2)cccc1C(F)(F)F. The predicted octanol–water partition coefficient (Wildman–Crippen LogP) is 3.59. The molecule has 0 bridgehead atoms. The van der Waals surface area contributed by atoms with Gasteiger partial charge in [-0.15, -0.1) is 0 Å². The minimum atomic E-state index is -4.26. The number of rotatable bonds is 2. The molecular formula is C11H12F3N. The van der Waals surface area contributed by atoms with Gasteiger partial charge in [-0.05, 0) is 37.5 Å². The zero-order valence-electron chi connectivity index (χ0n) is 8.36. The second-order valence-electron chi connectivity index (χ2n) is 3.89. The molecule has 1 N–H and O–H groups in total. The zero-order valence-corrected chi connectivity index (χ0v) is 8.36. The number of hydrogen-bond donors (Lipinski definition) is 1. The molecule has 1 fully saturated rings. The van der Waals surface area contributed by atoms with E-state index in [0.717, 1.165) is 18.9 Å². The second-order valence-corrected chi connectivity index (χ2v) is 3.89. The molecule has 0 atom stereocenters. The van der Waals surface area contributed by atoms with Crippen molar-refractivity contribution in [2.45, 2.75) is 32.0 Å². The minimum Gasteiger partial charge on any atom is -0.382 e. The van der Waals surface area contributed by atoms with Crippen LogP contribution in [0.4, 0.5) is 18.9 Å². The van der Waals surface area contributed by atoms with Gasteiger partial charge in [-0.3, -0.25) is 0 Å². The third-order valence-corrected chi connectivity index (χ3v) is 2.58. The highest BCUT2D eigenvalue weighted by Crippen LogP contribution is 2.35. The van der Waals surface area contributed by atoms with Gasteiger partial charge in [-0.25, -0.2) is 0 Å². The molecule has 0 amide bonds. The molecule has 1 aliphatic carbocycles.